The molecule has 1 fully saturated rings. The average molecular weight is 228 g/mol. The molecule has 0 saturated heterocycles. The van der Waals surface area contributed by atoms with Crippen molar-refractivity contribution in [2.75, 3.05) is 0 Å². The van der Waals surface area contributed by atoms with Crippen LogP contribution < -0.4 is 0 Å². The van der Waals surface area contributed by atoms with Crippen molar-refractivity contribution in [2.45, 2.75) is 18.4 Å². The molecule has 0 aromatic heterocycles. The van der Waals surface area contributed by atoms with Crippen LogP contribution in [-0.4, -0.2) is 6.08 Å². The standard InChI is InChI=1S/C10H7Cl2NO/c11-7-1-2-9(12)8(5-7)10(3-4-10)13-6-14/h1-2,5H,3-4H2. The van der Waals surface area contributed by atoms with E-state index >= 15 is 0 Å². The van der Waals surface area contributed by atoms with Gasteiger partial charge in [-0.2, -0.15) is 4.99 Å². The summed E-state index contributed by atoms with van der Waals surface area (Å²) in [5.74, 6) is 0. The second kappa shape index (κ2) is 3.39. The average Bonchev–Trinajstić information content (AvgIpc) is 2.91. The molecule has 0 atom stereocenters. The third-order valence-corrected chi connectivity index (χ3v) is 2.98. The van der Waals surface area contributed by atoms with E-state index in [2.05, 4.69) is 4.99 Å². The van der Waals surface area contributed by atoms with Crippen molar-refractivity contribution in [3.8, 4) is 0 Å². The lowest BCUT2D eigenvalue weighted by molar-refractivity contribution is 0.556. The Labute approximate surface area is 91.5 Å². The Bertz CT molecular complexity index is 420. The Morgan fingerprint density at radius 1 is 1.36 bits per heavy atom. The first kappa shape index (κ1) is 9.72. The summed E-state index contributed by atoms with van der Waals surface area (Å²) in [6.45, 7) is 0. The molecule has 1 aromatic rings. The van der Waals surface area contributed by atoms with E-state index in [9.17, 15) is 4.79 Å². The molecule has 1 aliphatic rings. The maximum Gasteiger partial charge on any atom is 0.235 e. The van der Waals surface area contributed by atoms with Gasteiger partial charge in [-0.3, -0.25) is 0 Å². The fourth-order valence-corrected chi connectivity index (χ4v) is 1.97. The van der Waals surface area contributed by atoms with E-state index in [1.165, 1.54) is 0 Å². The number of hydrogen-bond donors (Lipinski definition) is 0. The van der Waals surface area contributed by atoms with Gasteiger partial charge in [0.1, 0.15) is 0 Å². The van der Waals surface area contributed by atoms with Gasteiger partial charge in [0.05, 0.1) is 5.54 Å². The third kappa shape index (κ3) is 1.57. The number of isocyanates is 1. The molecule has 0 aliphatic heterocycles. The Morgan fingerprint density at radius 3 is 2.64 bits per heavy atom. The van der Waals surface area contributed by atoms with Gasteiger partial charge in [-0.25, -0.2) is 4.79 Å². The molecule has 0 spiro atoms. The minimum Gasteiger partial charge on any atom is -0.211 e. The smallest absolute Gasteiger partial charge is 0.211 e. The van der Waals surface area contributed by atoms with E-state index in [1.54, 1.807) is 24.3 Å². The molecule has 0 radical (unpaired) electrons. The van der Waals surface area contributed by atoms with Crippen molar-refractivity contribution in [3.63, 3.8) is 0 Å². The SMILES string of the molecule is O=C=NC1(c2cc(Cl)ccc2Cl)CC1. The van der Waals surface area contributed by atoms with Gasteiger partial charge in [0, 0.05) is 15.6 Å². The van der Waals surface area contributed by atoms with Gasteiger partial charge < -0.3 is 0 Å². The fraction of sp³-hybridized carbons (Fsp3) is 0.300. The van der Waals surface area contributed by atoms with E-state index in [4.69, 9.17) is 23.2 Å². The molecule has 0 amide bonds. The Balaban J connectivity index is 2.50. The predicted octanol–water partition coefficient (Wildman–Crippen LogP) is 3.32. The maximum atomic E-state index is 10.3. The number of halogens is 2. The molecule has 0 heterocycles. The number of aliphatic imine (C=N–C) groups is 1. The van der Waals surface area contributed by atoms with E-state index in [0.717, 1.165) is 18.4 Å². The monoisotopic (exact) mass is 227 g/mol. The molecule has 4 heteroatoms. The number of carbonyl (C=O) groups excluding carboxylic acids is 1. The number of rotatable bonds is 2. The van der Waals surface area contributed by atoms with Gasteiger partial charge in [0.15, 0.2) is 0 Å². The van der Waals surface area contributed by atoms with Crippen LogP contribution in [0.5, 0.6) is 0 Å². The largest absolute Gasteiger partial charge is 0.235 e. The third-order valence-electron chi connectivity index (χ3n) is 2.41. The van der Waals surface area contributed by atoms with Gasteiger partial charge in [-0.15, -0.1) is 0 Å². The highest BCUT2D eigenvalue weighted by molar-refractivity contribution is 6.33. The molecule has 14 heavy (non-hydrogen) atoms. The molecule has 0 N–H and O–H groups in total. The molecular formula is C10H7Cl2NO. The van der Waals surface area contributed by atoms with E-state index in [0.29, 0.717) is 10.0 Å². The molecule has 0 bridgehead atoms. The number of nitrogens with zero attached hydrogens (tertiary/aromatic N) is 1. The molecule has 2 rings (SSSR count). The summed E-state index contributed by atoms with van der Waals surface area (Å²) >= 11 is 11.9. The minimum absolute atomic E-state index is 0.441. The molecule has 2 nitrogen and oxygen atoms in total. The highest BCUT2D eigenvalue weighted by Gasteiger charge is 2.46. The second-order valence-corrected chi connectivity index (χ2v) is 4.20. The lowest BCUT2D eigenvalue weighted by Gasteiger charge is -2.10. The van der Waals surface area contributed by atoms with Gasteiger partial charge in [0.25, 0.3) is 0 Å². The van der Waals surface area contributed by atoms with Crippen LogP contribution in [-0.2, 0) is 10.3 Å². The summed E-state index contributed by atoms with van der Waals surface area (Å²) in [6.07, 6.45) is 3.26. The van der Waals surface area contributed by atoms with Crippen molar-refractivity contribution in [3.05, 3.63) is 33.8 Å². The Morgan fingerprint density at radius 2 is 2.07 bits per heavy atom. The summed E-state index contributed by atoms with van der Waals surface area (Å²) in [7, 11) is 0. The van der Waals surface area contributed by atoms with Crippen LogP contribution in [0.2, 0.25) is 10.0 Å². The molecule has 1 aromatic carbocycles. The van der Waals surface area contributed by atoms with Gasteiger partial charge in [-0.05, 0) is 31.0 Å². The van der Waals surface area contributed by atoms with Crippen LogP contribution in [0.15, 0.2) is 23.2 Å². The van der Waals surface area contributed by atoms with Crippen LogP contribution in [0.4, 0.5) is 0 Å². The zero-order chi connectivity index (χ0) is 10.2. The van der Waals surface area contributed by atoms with Gasteiger partial charge in [0.2, 0.25) is 6.08 Å². The first-order valence-corrected chi connectivity index (χ1v) is 4.98. The minimum atomic E-state index is -0.441. The van der Waals surface area contributed by atoms with E-state index in [-0.39, 0.29) is 0 Å². The molecule has 1 aliphatic carbocycles. The van der Waals surface area contributed by atoms with Crippen LogP contribution in [0.25, 0.3) is 0 Å². The zero-order valence-electron chi connectivity index (χ0n) is 7.26. The number of benzene rings is 1. The quantitative estimate of drug-likeness (QED) is 0.563. The van der Waals surface area contributed by atoms with Crippen LogP contribution in [0, 0.1) is 0 Å². The van der Waals surface area contributed by atoms with Crippen molar-refractivity contribution < 1.29 is 4.79 Å². The first-order valence-electron chi connectivity index (χ1n) is 4.22. The van der Waals surface area contributed by atoms with Crippen molar-refractivity contribution >= 4 is 29.3 Å². The Kier molecular flexibility index (Phi) is 2.36. The number of hydrogen-bond acceptors (Lipinski definition) is 2. The highest BCUT2D eigenvalue weighted by atomic mass is 35.5. The Hall–Kier alpha value is -0.820. The lowest BCUT2D eigenvalue weighted by Crippen LogP contribution is -2.02. The topological polar surface area (TPSA) is 29.4 Å². The maximum absolute atomic E-state index is 10.3. The summed E-state index contributed by atoms with van der Waals surface area (Å²) in [6, 6.07) is 5.20. The molecule has 0 unspecified atom stereocenters. The fourth-order valence-electron chi connectivity index (χ4n) is 1.50. The van der Waals surface area contributed by atoms with Crippen molar-refractivity contribution in [2.24, 2.45) is 4.99 Å². The normalized spacial score (nSPS) is 17.3. The van der Waals surface area contributed by atoms with Crippen LogP contribution in [0.3, 0.4) is 0 Å². The van der Waals surface area contributed by atoms with E-state index in [1.807, 2.05) is 0 Å². The zero-order valence-corrected chi connectivity index (χ0v) is 8.77. The van der Waals surface area contributed by atoms with Crippen molar-refractivity contribution in [1.82, 2.24) is 0 Å². The van der Waals surface area contributed by atoms with E-state index < -0.39 is 5.54 Å². The molecular weight excluding hydrogens is 221 g/mol. The first-order chi connectivity index (χ1) is 6.68. The molecule has 1 saturated carbocycles. The van der Waals surface area contributed by atoms with Gasteiger partial charge >= 0.3 is 0 Å². The summed E-state index contributed by atoms with van der Waals surface area (Å²) in [5, 5.41) is 1.21. The summed E-state index contributed by atoms with van der Waals surface area (Å²) in [4.78, 5) is 14.1. The lowest BCUT2D eigenvalue weighted by atomic mass is 10.1. The second-order valence-electron chi connectivity index (χ2n) is 3.36. The van der Waals surface area contributed by atoms with Crippen LogP contribution in [0.1, 0.15) is 18.4 Å². The van der Waals surface area contributed by atoms with Crippen molar-refractivity contribution in [1.29, 1.82) is 0 Å². The van der Waals surface area contributed by atoms with Crippen LogP contribution >= 0.6 is 23.2 Å². The highest BCUT2D eigenvalue weighted by Crippen LogP contribution is 2.51. The van der Waals surface area contributed by atoms with Gasteiger partial charge in [-0.1, -0.05) is 23.2 Å². The molecule has 72 valence electrons. The predicted molar refractivity (Wildman–Crippen MR) is 55.5 cm³/mol. The summed E-state index contributed by atoms with van der Waals surface area (Å²) < 4.78 is 0. The summed E-state index contributed by atoms with van der Waals surface area (Å²) in [5.41, 5.74) is 0.388.